The van der Waals surface area contributed by atoms with Gasteiger partial charge in [-0.1, -0.05) is 60.7 Å². The van der Waals surface area contributed by atoms with Crippen molar-refractivity contribution >= 4 is 6.03 Å². The van der Waals surface area contributed by atoms with Crippen LogP contribution in [-0.2, 0) is 6.54 Å². The van der Waals surface area contributed by atoms with Crippen LogP contribution in [0.5, 0.6) is 0 Å². The fraction of sp³-hybridized carbons (Fsp3) is 0.350. The van der Waals surface area contributed by atoms with Gasteiger partial charge in [0.05, 0.1) is 12.6 Å². The van der Waals surface area contributed by atoms with Crippen molar-refractivity contribution in [3.8, 4) is 0 Å². The van der Waals surface area contributed by atoms with E-state index in [4.69, 9.17) is 0 Å². The van der Waals surface area contributed by atoms with Crippen LogP contribution < -0.4 is 10.6 Å². The predicted molar refractivity (Wildman–Crippen MR) is 100 cm³/mol. The number of nitrogens with zero attached hydrogens (tertiary/aromatic N) is 1. The fourth-order valence-corrected chi connectivity index (χ4v) is 2.82. The molecule has 2 unspecified atom stereocenters. The normalized spacial score (nSPS) is 13.3. The van der Waals surface area contributed by atoms with Crippen LogP contribution in [0.1, 0.15) is 24.1 Å². The summed E-state index contributed by atoms with van der Waals surface area (Å²) in [6, 6.07) is 19.0. The third kappa shape index (κ3) is 6.57. The van der Waals surface area contributed by atoms with Crippen molar-refractivity contribution in [1.29, 1.82) is 0 Å². The fourth-order valence-electron chi connectivity index (χ4n) is 2.82. The van der Waals surface area contributed by atoms with E-state index in [1.54, 1.807) is 0 Å². The molecule has 2 aromatic rings. The summed E-state index contributed by atoms with van der Waals surface area (Å²) in [5.74, 6) is 0. The third-order valence-electron chi connectivity index (χ3n) is 3.95. The molecule has 0 saturated heterocycles. The van der Waals surface area contributed by atoms with E-state index in [0.29, 0.717) is 0 Å². The molecular formula is C20H27N3O2. The molecule has 3 N–H and O–H groups in total. The largest absolute Gasteiger partial charge is 0.394 e. The average Bonchev–Trinajstić information content (AvgIpc) is 2.61. The summed E-state index contributed by atoms with van der Waals surface area (Å²) >= 11 is 0. The zero-order valence-electron chi connectivity index (χ0n) is 14.9. The van der Waals surface area contributed by atoms with Crippen LogP contribution in [-0.4, -0.2) is 42.3 Å². The van der Waals surface area contributed by atoms with Crippen LogP contribution in [0.2, 0.25) is 0 Å². The lowest BCUT2D eigenvalue weighted by molar-refractivity contribution is 0.210. The molecule has 0 spiro atoms. The number of amides is 2. The molecule has 0 heterocycles. The van der Waals surface area contributed by atoms with Crippen LogP contribution in [0.25, 0.3) is 0 Å². The summed E-state index contributed by atoms with van der Waals surface area (Å²) in [7, 11) is 2.03. The SMILES string of the molecule is CC(CN(C)Cc1ccccc1)NC(=O)NC(CO)c1ccccc1. The molecule has 0 saturated carbocycles. The minimum atomic E-state index is -0.407. The standard InChI is InChI=1S/C20H27N3O2/c1-16(13-23(2)14-17-9-5-3-6-10-17)21-20(25)22-19(15-24)18-11-7-4-8-12-18/h3-12,16,19,24H,13-15H2,1-2H3,(H2,21,22,25). The Hall–Kier alpha value is -2.37. The number of nitrogens with one attached hydrogen (secondary N) is 2. The molecule has 0 fully saturated rings. The van der Waals surface area contributed by atoms with Crippen molar-refractivity contribution < 1.29 is 9.90 Å². The van der Waals surface area contributed by atoms with Gasteiger partial charge in [0, 0.05) is 19.1 Å². The zero-order chi connectivity index (χ0) is 18.1. The highest BCUT2D eigenvalue weighted by Crippen LogP contribution is 2.11. The van der Waals surface area contributed by atoms with Crippen LogP contribution in [0.15, 0.2) is 60.7 Å². The smallest absolute Gasteiger partial charge is 0.315 e. The topological polar surface area (TPSA) is 64.6 Å². The maximum atomic E-state index is 12.2. The number of hydrogen-bond donors (Lipinski definition) is 3. The zero-order valence-corrected chi connectivity index (χ0v) is 14.9. The number of likely N-dealkylation sites (N-methyl/N-ethyl adjacent to an activating group) is 1. The highest BCUT2D eigenvalue weighted by atomic mass is 16.3. The lowest BCUT2D eigenvalue weighted by atomic mass is 10.1. The Balaban J connectivity index is 1.79. The quantitative estimate of drug-likeness (QED) is 0.691. The number of rotatable bonds is 8. The second-order valence-electron chi connectivity index (χ2n) is 6.35. The molecule has 25 heavy (non-hydrogen) atoms. The number of aliphatic hydroxyl groups is 1. The molecule has 5 nitrogen and oxygen atoms in total. The van der Waals surface area contributed by atoms with Gasteiger partial charge >= 0.3 is 6.03 Å². The lowest BCUT2D eigenvalue weighted by Crippen LogP contribution is -2.46. The summed E-state index contributed by atoms with van der Waals surface area (Å²) in [4.78, 5) is 14.4. The minimum Gasteiger partial charge on any atom is -0.394 e. The van der Waals surface area contributed by atoms with Gasteiger partial charge in [-0.3, -0.25) is 0 Å². The van der Waals surface area contributed by atoms with E-state index in [0.717, 1.165) is 18.7 Å². The van der Waals surface area contributed by atoms with Crippen LogP contribution in [0.4, 0.5) is 4.79 Å². The Labute approximate surface area is 149 Å². The molecule has 0 aromatic heterocycles. The van der Waals surface area contributed by atoms with Gasteiger partial charge in [-0.05, 0) is 25.1 Å². The number of aliphatic hydroxyl groups excluding tert-OH is 1. The number of hydrogen-bond acceptors (Lipinski definition) is 3. The molecule has 2 rings (SSSR count). The monoisotopic (exact) mass is 341 g/mol. The first kappa shape index (κ1) is 19.0. The number of carbonyl (C=O) groups is 1. The molecule has 0 aliphatic heterocycles. The number of urea groups is 1. The predicted octanol–water partition coefficient (Wildman–Crippen LogP) is 2.54. The van der Waals surface area contributed by atoms with Crippen molar-refractivity contribution in [3.63, 3.8) is 0 Å². The van der Waals surface area contributed by atoms with E-state index < -0.39 is 6.04 Å². The van der Waals surface area contributed by atoms with Gasteiger partial charge in [0.15, 0.2) is 0 Å². The van der Waals surface area contributed by atoms with Gasteiger partial charge in [0.25, 0.3) is 0 Å². The summed E-state index contributed by atoms with van der Waals surface area (Å²) in [5, 5.41) is 15.3. The van der Waals surface area contributed by atoms with E-state index >= 15 is 0 Å². The maximum Gasteiger partial charge on any atom is 0.315 e. The molecule has 2 aromatic carbocycles. The van der Waals surface area contributed by atoms with Gasteiger partial charge in [-0.2, -0.15) is 0 Å². The molecule has 2 atom stereocenters. The summed E-state index contributed by atoms with van der Waals surface area (Å²) in [6.45, 7) is 3.40. The van der Waals surface area contributed by atoms with Crippen molar-refractivity contribution in [2.75, 3.05) is 20.2 Å². The number of carbonyl (C=O) groups excluding carboxylic acids is 1. The molecule has 0 aliphatic rings. The third-order valence-corrected chi connectivity index (χ3v) is 3.95. The molecule has 5 heteroatoms. The van der Waals surface area contributed by atoms with E-state index in [-0.39, 0.29) is 18.7 Å². The van der Waals surface area contributed by atoms with Crippen molar-refractivity contribution in [2.24, 2.45) is 0 Å². The van der Waals surface area contributed by atoms with E-state index in [1.807, 2.05) is 62.5 Å². The van der Waals surface area contributed by atoms with Gasteiger partial charge in [-0.15, -0.1) is 0 Å². The Morgan fingerprint density at radius 2 is 1.64 bits per heavy atom. The van der Waals surface area contributed by atoms with Crippen molar-refractivity contribution in [2.45, 2.75) is 25.6 Å². The van der Waals surface area contributed by atoms with Gasteiger partial charge < -0.3 is 20.6 Å². The van der Waals surface area contributed by atoms with Crippen molar-refractivity contribution in [3.05, 3.63) is 71.8 Å². The first-order valence-electron chi connectivity index (χ1n) is 8.53. The molecular weight excluding hydrogens is 314 g/mol. The van der Waals surface area contributed by atoms with E-state index in [9.17, 15) is 9.90 Å². The summed E-state index contributed by atoms with van der Waals surface area (Å²) in [6.07, 6.45) is 0. The Kier molecular flexibility index (Phi) is 7.44. The highest BCUT2D eigenvalue weighted by Gasteiger charge is 2.15. The minimum absolute atomic E-state index is 0.0103. The summed E-state index contributed by atoms with van der Waals surface area (Å²) in [5.41, 5.74) is 2.13. The first-order valence-corrected chi connectivity index (χ1v) is 8.53. The molecule has 134 valence electrons. The molecule has 0 radical (unpaired) electrons. The van der Waals surface area contributed by atoms with Crippen molar-refractivity contribution in [1.82, 2.24) is 15.5 Å². The Morgan fingerprint density at radius 3 is 2.24 bits per heavy atom. The van der Waals surface area contributed by atoms with Crippen LogP contribution >= 0.6 is 0 Å². The molecule has 2 amide bonds. The first-order chi connectivity index (χ1) is 12.1. The lowest BCUT2D eigenvalue weighted by Gasteiger charge is -2.24. The summed E-state index contributed by atoms with van der Waals surface area (Å²) < 4.78 is 0. The average molecular weight is 341 g/mol. The van der Waals surface area contributed by atoms with Crippen LogP contribution in [0.3, 0.4) is 0 Å². The molecule has 0 aliphatic carbocycles. The van der Waals surface area contributed by atoms with Gasteiger partial charge in [0.1, 0.15) is 0 Å². The van der Waals surface area contributed by atoms with E-state index in [2.05, 4.69) is 27.7 Å². The van der Waals surface area contributed by atoms with E-state index in [1.165, 1.54) is 5.56 Å². The van der Waals surface area contributed by atoms with Gasteiger partial charge in [-0.25, -0.2) is 4.79 Å². The highest BCUT2D eigenvalue weighted by molar-refractivity contribution is 5.74. The second kappa shape index (κ2) is 9.81. The Bertz CT molecular complexity index is 634. The number of benzene rings is 2. The van der Waals surface area contributed by atoms with Crippen LogP contribution in [0, 0.1) is 0 Å². The molecule has 0 bridgehead atoms. The Morgan fingerprint density at radius 1 is 1.04 bits per heavy atom. The van der Waals surface area contributed by atoms with Gasteiger partial charge in [0.2, 0.25) is 0 Å². The maximum absolute atomic E-state index is 12.2. The second-order valence-corrected chi connectivity index (χ2v) is 6.35.